The highest BCUT2D eigenvalue weighted by Gasteiger charge is 2.63. The molecule has 3 fully saturated rings. The van der Waals surface area contributed by atoms with Gasteiger partial charge in [-0.15, -0.1) is 10.2 Å². The first kappa shape index (κ1) is 22.6. The quantitative estimate of drug-likeness (QED) is 0.390. The second-order valence-electron chi connectivity index (χ2n) is 11.1. The number of H-pyrrole nitrogens is 1. The first-order valence-corrected chi connectivity index (χ1v) is 13.4. The molecule has 0 atom stereocenters. The maximum absolute atomic E-state index is 13.7. The molecule has 1 spiro atoms. The summed E-state index contributed by atoms with van der Waals surface area (Å²) in [4.78, 5) is 19.4. The fourth-order valence-electron chi connectivity index (χ4n) is 6.66. The van der Waals surface area contributed by atoms with Crippen molar-refractivity contribution in [1.82, 2.24) is 29.2 Å². The van der Waals surface area contributed by atoms with Crippen LogP contribution in [0.3, 0.4) is 0 Å². The zero-order chi connectivity index (χ0) is 24.7. The van der Waals surface area contributed by atoms with Crippen LogP contribution in [-0.4, -0.2) is 42.3 Å². The van der Waals surface area contributed by atoms with Crippen LogP contribution in [0, 0.1) is 5.41 Å². The van der Waals surface area contributed by atoms with Crippen molar-refractivity contribution in [3.05, 3.63) is 74.3 Å². The molecular weight excluding hydrogens is 495 g/mol. The van der Waals surface area contributed by atoms with Gasteiger partial charge in [-0.3, -0.25) is 14.3 Å². The molecule has 0 unspecified atom stereocenters. The molecule has 36 heavy (non-hydrogen) atoms. The third-order valence-electron chi connectivity index (χ3n) is 8.63. The van der Waals surface area contributed by atoms with Crippen LogP contribution in [0.4, 0.5) is 0 Å². The lowest BCUT2D eigenvalue weighted by Crippen LogP contribution is -2.45. The van der Waals surface area contributed by atoms with Crippen molar-refractivity contribution in [2.75, 3.05) is 13.1 Å². The van der Waals surface area contributed by atoms with Gasteiger partial charge >= 0.3 is 0 Å². The van der Waals surface area contributed by atoms with Crippen molar-refractivity contribution in [3.8, 4) is 5.69 Å². The van der Waals surface area contributed by atoms with Gasteiger partial charge in [0.15, 0.2) is 0 Å². The lowest BCUT2D eigenvalue weighted by Gasteiger charge is -2.48. The molecule has 4 aromatic rings. The number of aryl methyl sites for hydroxylation is 1. The summed E-state index contributed by atoms with van der Waals surface area (Å²) in [5.41, 5.74) is 3.37. The fraction of sp³-hybridized carbons (Fsp3) is 0.444. The Morgan fingerprint density at radius 3 is 2.61 bits per heavy atom. The highest BCUT2D eigenvalue weighted by molar-refractivity contribution is 6.42. The van der Waals surface area contributed by atoms with Gasteiger partial charge in [0.2, 0.25) is 0 Å². The lowest BCUT2D eigenvalue weighted by molar-refractivity contribution is 0.145. The van der Waals surface area contributed by atoms with Crippen LogP contribution >= 0.6 is 23.2 Å². The predicted octanol–water partition coefficient (Wildman–Crippen LogP) is 5.21. The smallest absolute Gasteiger partial charge is 0.279 e. The number of nitrogens with zero attached hydrogens (tertiary/aromatic N) is 5. The van der Waals surface area contributed by atoms with Gasteiger partial charge < -0.3 is 9.55 Å². The van der Waals surface area contributed by atoms with E-state index >= 15 is 0 Å². The van der Waals surface area contributed by atoms with Crippen molar-refractivity contribution in [2.45, 2.75) is 50.5 Å². The van der Waals surface area contributed by atoms with Crippen molar-refractivity contribution < 1.29 is 0 Å². The molecule has 7 rings (SSSR count). The van der Waals surface area contributed by atoms with E-state index < -0.39 is 0 Å². The van der Waals surface area contributed by atoms with Gasteiger partial charge in [0.05, 0.1) is 15.5 Å². The normalized spacial score (nSPS) is 20.3. The van der Waals surface area contributed by atoms with E-state index in [1.807, 2.05) is 23.7 Å². The Bertz CT molecular complexity index is 1550. The van der Waals surface area contributed by atoms with Crippen LogP contribution in [0.2, 0.25) is 10.0 Å². The van der Waals surface area contributed by atoms with E-state index in [0.717, 1.165) is 48.7 Å². The molecule has 1 aliphatic heterocycles. The van der Waals surface area contributed by atoms with E-state index in [0.29, 0.717) is 32.9 Å². The summed E-state index contributed by atoms with van der Waals surface area (Å²) in [6, 6.07) is 8.24. The molecule has 4 heterocycles. The average Bonchev–Trinajstić information content (AvgIpc) is 3.14. The van der Waals surface area contributed by atoms with E-state index in [1.54, 1.807) is 17.1 Å². The zero-order valence-electron chi connectivity index (χ0n) is 20.2. The Balaban J connectivity index is 1.32. The Kier molecular flexibility index (Phi) is 4.98. The summed E-state index contributed by atoms with van der Waals surface area (Å²) in [6.07, 6.45) is 10.6. The Morgan fingerprint density at radius 2 is 1.92 bits per heavy atom. The third-order valence-corrected chi connectivity index (χ3v) is 9.34. The third kappa shape index (κ3) is 3.32. The molecule has 0 bridgehead atoms. The van der Waals surface area contributed by atoms with Crippen LogP contribution in [0.5, 0.6) is 0 Å². The molecule has 0 amide bonds. The topological polar surface area (TPSA) is 71.7 Å². The molecule has 0 radical (unpaired) electrons. The summed E-state index contributed by atoms with van der Waals surface area (Å²) in [7, 11) is 2.01. The lowest BCUT2D eigenvalue weighted by atomic mass is 9.56. The van der Waals surface area contributed by atoms with Crippen molar-refractivity contribution >= 4 is 34.1 Å². The average molecular weight is 523 g/mol. The molecule has 7 nitrogen and oxygen atoms in total. The molecule has 3 aliphatic rings. The number of aromatic amines is 1. The minimum atomic E-state index is -0.187. The van der Waals surface area contributed by atoms with Gasteiger partial charge in [-0.1, -0.05) is 35.3 Å². The van der Waals surface area contributed by atoms with E-state index in [2.05, 4.69) is 32.2 Å². The second kappa shape index (κ2) is 7.94. The monoisotopic (exact) mass is 522 g/mol. The van der Waals surface area contributed by atoms with Gasteiger partial charge in [-0.25, -0.2) is 0 Å². The molecule has 2 saturated carbocycles. The minimum Gasteiger partial charge on any atom is -0.351 e. The number of nitrogens with one attached hydrogen (secondary N) is 1. The Labute approximate surface area is 219 Å². The second-order valence-corrected chi connectivity index (χ2v) is 11.8. The highest BCUT2D eigenvalue weighted by atomic mass is 35.5. The maximum atomic E-state index is 13.7. The van der Waals surface area contributed by atoms with Crippen LogP contribution in [0.15, 0.2) is 41.6 Å². The van der Waals surface area contributed by atoms with Crippen LogP contribution in [0.1, 0.15) is 55.6 Å². The van der Waals surface area contributed by atoms with Crippen LogP contribution in [-0.2, 0) is 19.0 Å². The summed E-state index contributed by atoms with van der Waals surface area (Å²) < 4.78 is 3.66. The number of hydrogen-bond acceptors (Lipinski definition) is 4. The number of likely N-dealkylation sites (tertiary alicyclic amines) is 1. The maximum Gasteiger partial charge on any atom is 0.279 e. The number of pyridine rings is 1. The predicted molar refractivity (Wildman–Crippen MR) is 141 cm³/mol. The van der Waals surface area contributed by atoms with E-state index in [-0.39, 0.29) is 11.0 Å². The number of hydrogen-bond donors (Lipinski definition) is 1. The van der Waals surface area contributed by atoms with E-state index in [1.165, 1.54) is 25.7 Å². The first-order chi connectivity index (χ1) is 17.4. The van der Waals surface area contributed by atoms with Gasteiger partial charge in [0.25, 0.3) is 5.56 Å². The SMILES string of the molecule is Cn1cnnc1C1(c2cccc(-n3cc(Cl)c4c(Cl)c(CN5CCCC5)[nH]c4c3=O)c2)CC2(CC2)C1. The number of halogens is 2. The number of fused-ring (bicyclic) bond motifs is 1. The number of rotatable bonds is 5. The summed E-state index contributed by atoms with van der Waals surface area (Å²) in [6.45, 7) is 2.79. The summed E-state index contributed by atoms with van der Waals surface area (Å²) in [5, 5.41) is 10.3. The van der Waals surface area contributed by atoms with Gasteiger partial charge in [0.1, 0.15) is 17.7 Å². The molecular formula is C27H28Cl2N6O. The molecule has 1 N–H and O–H groups in total. The van der Waals surface area contributed by atoms with Gasteiger partial charge in [-0.2, -0.15) is 0 Å². The molecule has 2 aliphatic carbocycles. The molecule has 186 valence electrons. The standard InChI is InChI=1S/C27H28Cl2N6O/c1-33-16-30-32-25(33)27(14-26(15-27)7-8-26)17-5-4-6-18(11-17)35-12-19(28)21-22(29)20(31-23(21)24(35)36)13-34-9-2-3-10-34/h4-6,11-12,16,31H,2-3,7-10,13-15H2,1H3. The van der Waals surface area contributed by atoms with Crippen LogP contribution < -0.4 is 5.56 Å². The summed E-state index contributed by atoms with van der Waals surface area (Å²) in [5.74, 6) is 0.987. The fourth-order valence-corrected chi connectivity index (χ4v) is 7.29. The van der Waals surface area contributed by atoms with Crippen molar-refractivity contribution in [3.63, 3.8) is 0 Å². The van der Waals surface area contributed by atoms with E-state index in [4.69, 9.17) is 23.2 Å². The minimum absolute atomic E-state index is 0.152. The highest BCUT2D eigenvalue weighted by Crippen LogP contribution is 2.70. The van der Waals surface area contributed by atoms with Crippen molar-refractivity contribution in [2.24, 2.45) is 12.5 Å². The van der Waals surface area contributed by atoms with E-state index in [9.17, 15) is 4.79 Å². The van der Waals surface area contributed by atoms with Crippen molar-refractivity contribution in [1.29, 1.82) is 0 Å². The molecule has 9 heteroatoms. The zero-order valence-corrected chi connectivity index (χ0v) is 21.7. The Morgan fingerprint density at radius 1 is 1.14 bits per heavy atom. The largest absolute Gasteiger partial charge is 0.351 e. The van der Waals surface area contributed by atoms with Gasteiger partial charge in [-0.05, 0) is 74.7 Å². The number of aromatic nitrogens is 5. The van der Waals surface area contributed by atoms with Gasteiger partial charge in [0, 0.05) is 36.6 Å². The molecule has 3 aromatic heterocycles. The molecule has 1 aromatic carbocycles. The number of benzene rings is 1. The van der Waals surface area contributed by atoms with Crippen LogP contribution in [0.25, 0.3) is 16.6 Å². The summed E-state index contributed by atoms with van der Waals surface area (Å²) >= 11 is 13.5. The first-order valence-electron chi connectivity index (χ1n) is 12.7. The molecule has 1 saturated heterocycles. The Hall–Kier alpha value is -2.61.